The van der Waals surface area contributed by atoms with Crippen LogP contribution in [0.5, 0.6) is 0 Å². The third kappa shape index (κ3) is 5.04. The second-order valence-corrected chi connectivity index (χ2v) is 6.81. The van der Waals surface area contributed by atoms with Gasteiger partial charge in [0.2, 0.25) is 11.8 Å². The molecule has 0 spiro atoms. The minimum absolute atomic E-state index is 0.0349. The van der Waals surface area contributed by atoms with Gasteiger partial charge in [0, 0.05) is 37.1 Å². The van der Waals surface area contributed by atoms with Crippen molar-refractivity contribution in [2.24, 2.45) is 5.92 Å². The van der Waals surface area contributed by atoms with Crippen molar-refractivity contribution in [2.75, 3.05) is 50.8 Å². The van der Waals surface area contributed by atoms with Crippen molar-refractivity contribution in [3.8, 4) is 0 Å². The zero-order valence-corrected chi connectivity index (χ0v) is 13.4. The Kier molecular flexibility index (Phi) is 6.57. The molecule has 2 saturated heterocycles. The summed E-state index contributed by atoms with van der Waals surface area (Å²) < 4.78 is 0. The van der Waals surface area contributed by atoms with Gasteiger partial charge in [0.05, 0.1) is 6.54 Å². The molecule has 21 heavy (non-hydrogen) atoms. The summed E-state index contributed by atoms with van der Waals surface area (Å²) in [4.78, 5) is 28.2. The van der Waals surface area contributed by atoms with Crippen LogP contribution < -0.4 is 5.32 Å². The summed E-state index contributed by atoms with van der Waals surface area (Å²) in [5.41, 5.74) is 0. The fraction of sp³-hybridized carbons (Fsp3) is 0.733. The van der Waals surface area contributed by atoms with Gasteiger partial charge >= 0.3 is 0 Å². The quantitative estimate of drug-likeness (QED) is 0.755. The third-order valence-electron chi connectivity index (χ3n) is 4.07. The van der Waals surface area contributed by atoms with Crippen LogP contribution in [0.15, 0.2) is 12.7 Å². The Labute approximate surface area is 131 Å². The van der Waals surface area contributed by atoms with Gasteiger partial charge in [-0.3, -0.25) is 14.5 Å². The lowest BCUT2D eigenvalue weighted by Gasteiger charge is -2.35. The zero-order chi connectivity index (χ0) is 15.1. The van der Waals surface area contributed by atoms with Crippen LogP contribution in [0.25, 0.3) is 0 Å². The Morgan fingerprint density at radius 3 is 2.48 bits per heavy atom. The standard InChI is InChI=1S/C15H25N3O2S/c1-2-5-16-14(19)12-17-6-3-13(4-7-17)15(20)18-8-10-21-11-9-18/h2,13H,1,3-12H2,(H,16,19). The first kappa shape index (κ1) is 16.4. The maximum Gasteiger partial charge on any atom is 0.234 e. The van der Waals surface area contributed by atoms with Gasteiger partial charge in [0.1, 0.15) is 0 Å². The molecule has 2 amide bonds. The average Bonchev–Trinajstić information content (AvgIpc) is 2.54. The number of carbonyl (C=O) groups is 2. The SMILES string of the molecule is C=CCNC(=O)CN1CCC(C(=O)N2CCSCC2)CC1. The molecular weight excluding hydrogens is 286 g/mol. The van der Waals surface area contributed by atoms with Gasteiger partial charge in [-0.25, -0.2) is 0 Å². The maximum atomic E-state index is 12.4. The van der Waals surface area contributed by atoms with Crippen LogP contribution in [0.4, 0.5) is 0 Å². The number of nitrogens with zero attached hydrogens (tertiary/aromatic N) is 2. The monoisotopic (exact) mass is 311 g/mol. The molecule has 5 nitrogen and oxygen atoms in total. The normalized spacial score (nSPS) is 21.0. The molecule has 2 aliphatic heterocycles. The van der Waals surface area contributed by atoms with Crippen molar-refractivity contribution in [3.63, 3.8) is 0 Å². The molecule has 0 aromatic rings. The fourth-order valence-corrected chi connectivity index (χ4v) is 3.73. The van der Waals surface area contributed by atoms with Crippen LogP contribution in [0.2, 0.25) is 0 Å². The highest BCUT2D eigenvalue weighted by Crippen LogP contribution is 2.21. The minimum atomic E-state index is 0.0349. The van der Waals surface area contributed by atoms with Crippen molar-refractivity contribution in [1.82, 2.24) is 15.1 Å². The van der Waals surface area contributed by atoms with Crippen molar-refractivity contribution >= 4 is 23.6 Å². The van der Waals surface area contributed by atoms with E-state index in [9.17, 15) is 9.59 Å². The van der Waals surface area contributed by atoms with Gasteiger partial charge < -0.3 is 10.2 Å². The topological polar surface area (TPSA) is 52.7 Å². The van der Waals surface area contributed by atoms with Crippen molar-refractivity contribution in [2.45, 2.75) is 12.8 Å². The average molecular weight is 311 g/mol. The molecule has 0 unspecified atom stereocenters. The van der Waals surface area contributed by atoms with Crippen LogP contribution >= 0.6 is 11.8 Å². The van der Waals surface area contributed by atoms with E-state index >= 15 is 0 Å². The lowest BCUT2D eigenvalue weighted by molar-refractivity contribution is -0.136. The molecule has 0 radical (unpaired) electrons. The Balaban J connectivity index is 1.71. The predicted molar refractivity (Wildman–Crippen MR) is 86.3 cm³/mol. The Bertz CT molecular complexity index is 375. The zero-order valence-electron chi connectivity index (χ0n) is 12.6. The minimum Gasteiger partial charge on any atom is -0.352 e. The van der Waals surface area contributed by atoms with Gasteiger partial charge in [-0.2, -0.15) is 11.8 Å². The van der Waals surface area contributed by atoms with Crippen molar-refractivity contribution in [1.29, 1.82) is 0 Å². The largest absolute Gasteiger partial charge is 0.352 e. The first-order valence-electron chi connectivity index (χ1n) is 7.67. The number of thioether (sulfide) groups is 1. The molecular formula is C15H25N3O2S. The van der Waals surface area contributed by atoms with E-state index in [1.807, 2.05) is 16.7 Å². The van der Waals surface area contributed by atoms with Gasteiger partial charge in [-0.1, -0.05) is 6.08 Å². The van der Waals surface area contributed by atoms with E-state index in [0.717, 1.165) is 50.5 Å². The van der Waals surface area contributed by atoms with Gasteiger partial charge in [0.25, 0.3) is 0 Å². The highest BCUT2D eigenvalue weighted by molar-refractivity contribution is 7.99. The number of carbonyl (C=O) groups excluding carboxylic acids is 2. The lowest BCUT2D eigenvalue weighted by Crippen LogP contribution is -2.47. The summed E-state index contributed by atoms with van der Waals surface area (Å²) in [7, 11) is 0. The Hall–Kier alpha value is -1.01. The number of hydrogen-bond donors (Lipinski definition) is 1. The van der Waals surface area contributed by atoms with Crippen LogP contribution in [-0.2, 0) is 9.59 Å². The Morgan fingerprint density at radius 1 is 1.19 bits per heavy atom. The van der Waals surface area contributed by atoms with Gasteiger partial charge in [0.15, 0.2) is 0 Å². The lowest BCUT2D eigenvalue weighted by atomic mass is 9.95. The van der Waals surface area contributed by atoms with Crippen molar-refractivity contribution in [3.05, 3.63) is 12.7 Å². The molecule has 0 aromatic carbocycles. The summed E-state index contributed by atoms with van der Waals surface area (Å²) in [6, 6.07) is 0. The number of piperidine rings is 1. The first-order valence-corrected chi connectivity index (χ1v) is 8.82. The van der Waals surface area contributed by atoms with Crippen LogP contribution in [0.1, 0.15) is 12.8 Å². The molecule has 2 rings (SSSR count). The molecule has 0 bridgehead atoms. The molecule has 0 atom stereocenters. The molecule has 0 aliphatic carbocycles. The molecule has 0 aromatic heterocycles. The highest BCUT2D eigenvalue weighted by Gasteiger charge is 2.29. The van der Waals surface area contributed by atoms with Crippen molar-refractivity contribution < 1.29 is 9.59 Å². The summed E-state index contributed by atoms with van der Waals surface area (Å²) in [6.07, 6.45) is 3.42. The number of amides is 2. The van der Waals surface area contributed by atoms with Gasteiger partial charge in [-0.05, 0) is 25.9 Å². The van der Waals surface area contributed by atoms with E-state index < -0.39 is 0 Å². The number of hydrogen-bond acceptors (Lipinski definition) is 4. The summed E-state index contributed by atoms with van der Waals surface area (Å²) in [5.74, 6) is 2.64. The molecule has 6 heteroatoms. The van der Waals surface area contributed by atoms with E-state index in [4.69, 9.17) is 0 Å². The number of rotatable bonds is 5. The fourth-order valence-electron chi connectivity index (χ4n) is 2.82. The Morgan fingerprint density at radius 2 is 1.86 bits per heavy atom. The van der Waals surface area contributed by atoms with Crippen LogP contribution in [0.3, 0.4) is 0 Å². The number of nitrogens with one attached hydrogen (secondary N) is 1. The molecule has 2 heterocycles. The molecule has 118 valence electrons. The van der Waals surface area contributed by atoms with Crippen LogP contribution in [-0.4, -0.2) is 72.4 Å². The molecule has 0 saturated carbocycles. The van der Waals surface area contributed by atoms with E-state index in [2.05, 4.69) is 16.8 Å². The van der Waals surface area contributed by atoms with Crippen LogP contribution in [0, 0.1) is 5.92 Å². The van der Waals surface area contributed by atoms with E-state index in [1.165, 1.54) is 0 Å². The smallest absolute Gasteiger partial charge is 0.234 e. The van der Waals surface area contributed by atoms with E-state index in [1.54, 1.807) is 6.08 Å². The van der Waals surface area contributed by atoms with E-state index in [-0.39, 0.29) is 11.8 Å². The second-order valence-electron chi connectivity index (χ2n) is 5.58. The first-order chi connectivity index (χ1) is 10.2. The number of likely N-dealkylation sites (tertiary alicyclic amines) is 1. The molecule has 2 aliphatic rings. The molecule has 1 N–H and O–H groups in total. The second kappa shape index (κ2) is 8.44. The summed E-state index contributed by atoms with van der Waals surface area (Å²) in [5, 5.41) is 2.79. The van der Waals surface area contributed by atoms with E-state index in [0.29, 0.717) is 19.0 Å². The summed E-state index contributed by atoms with van der Waals surface area (Å²) in [6.45, 7) is 7.98. The molecule has 2 fully saturated rings. The highest BCUT2D eigenvalue weighted by atomic mass is 32.2. The summed E-state index contributed by atoms with van der Waals surface area (Å²) >= 11 is 1.92. The third-order valence-corrected chi connectivity index (χ3v) is 5.01. The van der Waals surface area contributed by atoms with Gasteiger partial charge in [-0.15, -0.1) is 6.58 Å². The predicted octanol–water partition coefficient (Wildman–Crippen LogP) is 0.576. The maximum absolute atomic E-state index is 12.4.